The Hall–Kier alpha value is -3.30. The molecule has 0 N–H and O–H groups in total. The van der Waals surface area contributed by atoms with Crippen LogP contribution in [0.5, 0.6) is 0 Å². The van der Waals surface area contributed by atoms with Gasteiger partial charge < -0.3 is 9.80 Å². The summed E-state index contributed by atoms with van der Waals surface area (Å²) in [6.07, 6.45) is 3.69. The first-order chi connectivity index (χ1) is 12.7. The molecule has 26 heavy (non-hydrogen) atoms. The fourth-order valence-corrected chi connectivity index (χ4v) is 3.35. The van der Waals surface area contributed by atoms with E-state index in [1.807, 2.05) is 36.6 Å². The summed E-state index contributed by atoms with van der Waals surface area (Å²) >= 11 is 0. The van der Waals surface area contributed by atoms with Gasteiger partial charge in [0.05, 0.1) is 0 Å². The van der Waals surface area contributed by atoms with Gasteiger partial charge in [-0.05, 0) is 26.0 Å². The summed E-state index contributed by atoms with van der Waals surface area (Å²) in [4.78, 5) is 9.06. The maximum atomic E-state index is 4.67. The number of rotatable bonds is 2. The van der Waals surface area contributed by atoms with Crippen LogP contribution in [0.25, 0.3) is 11.3 Å². The molecule has 1 aliphatic heterocycles. The topological polar surface area (TPSA) is 92.6 Å². The van der Waals surface area contributed by atoms with Crippen molar-refractivity contribution in [1.29, 1.82) is 0 Å². The highest BCUT2D eigenvalue weighted by atomic mass is 15.4. The number of piperazine rings is 1. The summed E-state index contributed by atoms with van der Waals surface area (Å²) in [6.45, 7) is 7.25. The van der Waals surface area contributed by atoms with Crippen molar-refractivity contribution >= 4 is 22.9 Å². The third kappa shape index (κ3) is 2.25. The molecule has 5 heterocycles. The lowest BCUT2D eigenvalue weighted by Gasteiger charge is -2.35. The van der Waals surface area contributed by atoms with E-state index >= 15 is 0 Å². The van der Waals surface area contributed by atoms with Crippen LogP contribution < -0.4 is 9.80 Å². The monoisotopic (exact) mass is 350 g/mol. The molecule has 5 rings (SSSR count). The van der Waals surface area contributed by atoms with Gasteiger partial charge in [-0.1, -0.05) is 0 Å². The van der Waals surface area contributed by atoms with Crippen LogP contribution in [-0.4, -0.2) is 65.6 Å². The standard InChI is InChI=1S/C16H18N10/c1-11-18-21-16-15(17-5-6-25(11)16)24-9-7-23(8-10-24)14-4-3-13-20-19-12(2)26(13)22-14/h3-6H,7-10H2,1-2H3. The number of hydrogen-bond acceptors (Lipinski definition) is 8. The molecule has 0 saturated carbocycles. The molecular weight excluding hydrogens is 332 g/mol. The molecule has 0 unspecified atom stereocenters. The van der Waals surface area contributed by atoms with Crippen molar-refractivity contribution in [2.24, 2.45) is 0 Å². The van der Waals surface area contributed by atoms with Crippen molar-refractivity contribution in [2.75, 3.05) is 36.0 Å². The van der Waals surface area contributed by atoms with Crippen LogP contribution in [0.4, 0.5) is 11.6 Å². The largest absolute Gasteiger partial charge is 0.352 e. The number of anilines is 2. The number of fused-ring (bicyclic) bond motifs is 2. The van der Waals surface area contributed by atoms with E-state index in [1.54, 1.807) is 10.7 Å². The SMILES string of the molecule is Cc1nnc2c(N3CCN(c4ccc5nnc(C)n5n4)CC3)nccn12. The van der Waals surface area contributed by atoms with Crippen LogP contribution in [-0.2, 0) is 0 Å². The first kappa shape index (κ1) is 15.0. The van der Waals surface area contributed by atoms with E-state index in [2.05, 4.69) is 40.3 Å². The predicted molar refractivity (Wildman–Crippen MR) is 95.5 cm³/mol. The Labute approximate surface area is 149 Å². The number of nitrogens with zero attached hydrogens (tertiary/aromatic N) is 10. The maximum absolute atomic E-state index is 4.67. The summed E-state index contributed by atoms with van der Waals surface area (Å²) in [5.41, 5.74) is 1.57. The Bertz CT molecular complexity index is 1090. The second-order valence-electron chi connectivity index (χ2n) is 6.37. The fraction of sp³-hybridized carbons (Fsp3) is 0.375. The molecule has 132 valence electrons. The Balaban J connectivity index is 1.39. The number of hydrogen-bond donors (Lipinski definition) is 0. The molecule has 1 aliphatic rings. The highest BCUT2D eigenvalue weighted by Gasteiger charge is 2.22. The van der Waals surface area contributed by atoms with Gasteiger partial charge in [-0.25, -0.2) is 4.98 Å². The molecular formula is C16H18N10. The summed E-state index contributed by atoms with van der Waals surface area (Å²) in [6, 6.07) is 3.95. The van der Waals surface area contributed by atoms with Gasteiger partial charge in [0.1, 0.15) is 11.6 Å². The molecule has 1 fully saturated rings. The molecule has 0 aliphatic carbocycles. The number of aryl methyl sites for hydroxylation is 2. The zero-order chi connectivity index (χ0) is 17.7. The molecule has 0 aromatic carbocycles. The lowest BCUT2D eigenvalue weighted by molar-refractivity contribution is 0.635. The summed E-state index contributed by atoms with van der Waals surface area (Å²) in [7, 11) is 0. The van der Waals surface area contributed by atoms with Gasteiger partial charge in [0.2, 0.25) is 5.65 Å². The summed E-state index contributed by atoms with van der Waals surface area (Å²) < 4.78 is 3.75. The smallest absolute Gasteiger partial charge is 0.203 e. The van der Waals surface area contributed by atoms with Crippen molar-refractivity contribution < 1.29 is 0 Å². The van der Waals surface area contributed by atoms with Crippen LogP contribution >= 0.6 is 0 Å². The zero-order valence-electron chi connectivity index (χ0n) is 14.6. The second-order valence-corrected chi connectivity index (χ2v) is 6.37. The lowest BCUT2D eigenvalue weighted by Crippen LogP contribution is -2.47. The van der Waals surface area contributed by atoms with Crippen molar-refractivity contribution in [3.05, 3.63) is 36.2 Å². The average Bonchev–Trinajstić information content (AvgIpc) is 3.25. The van der Waals surface area contributed by atoms with Gasteiger partial charge in [0, 0.05) is 38.6 Å². The molecule has 0 amide bonds. The van der Waals surface area contributed by atoms with Gasteiger partial charge in [0.15, 0.2) is 17.3 Å². The lowest BCUT2D eigenvalue weighted by atomic mass is 10.3. The van der Waals surface area contributed by atoms with Gasteiger partial charge in [-0.2, -0.15) is 4.52 Å². The van der Waals surface area contributed by atoms with Gasteiger partial charge in [0.25, 0.3) is 0 Å². The molecule has 0 spiro atoms. The highest BCUT2D eigenvalue weighted by Crippen LogP contribution is 2.21. The minimum absolute atomic E-state index is 0.767. The third-order valence-electron chi connectivity index (χ3n) is 4.79. The highest BCUT2D eigenvalue weighted by molar-refractivity contribution is 5.64. The van der Waals surface area contributed by atoms with Gasteiger partial charge in [-0.15, -0.1) is 25.5 Å². The third-order valence-corrected chi connectivity index (χ3v) is 4.79. The van der Waals surface area contributed by atoms with E-state index in [-0.39, 0.29) is 0 Å². The Morgan fingerprint density at radius 1 is 0.846 bits per heavy atom. The summed E-state index contributed by atoms with van der Waals surface area (Å²) in [5, 5.41) is 21.3. The van der Waals surface area contributed by atoms with Gasteiger partial charge in [-0.3, -0.25) is 4.40 Å². The molecule has 0 atom stereocenters. The summed E-state index contributed by atoms with van der Waals surface area (Å²) in [5.74, 6) is 3.47. The molecule has 4 aromatic rings. The Kier molecular flexibility index (Phi) is 3.24. The van der Waals surface area contributed by atoms with E-state index in [0.717, 1.165) is 60.8 Å². The zero-order valence-corrected chi connectivity index (χ0v) is 14.6. The first-order valence-electron chi connectivity index (χ1n) is 8.56. The van der Waals surface area contributed by atoms with Crippen molar-refractivity contribution in [1.82, 2.24) is 39.4 Å². The Morgan fingerprint density at radius 3 is 2.46 bits per heavy atom. The van der Waals surface area contributed by atoms with Crippen LogP contribution in [0.1, 0.15) is 11.6 Å². The van der Waals surface area contributed by atoms with E-state index in [9.17, 15) is 0 Å². The van der Waals surface area contributed by atoms with Crippen LogP contribution in [0, 0.1) is 13.8 Å². The predicted octanol–water partition coefficient (Wildman–Crippen LogP) is 0.505. The minimum Gasteiger partial charge on any atom is -0.352 e. The van der Waals surface area contributed by atoms with Crippen LogP contribution in [0.2, 0.25) is 0 Å². The van der Waals surface area contributed by atoms with Crippen LogP contribution in [0.3, 0.4) is 0 Å². The van der Waals surface area contributed by atoms with E-state index in [1.165, 1.54) is 0 Å². The molecule has 1 saturated heterocycles. The normalized spacial score (nSPS) is 15.3. The minimum atomic E-state index is 0.767. The molecule has 10 heteroatoms. The molecule has 10 nitrogen and oxygen atoms in total. The van der Waals surface area contributed by atoms with Crippen LogP contribution in [0.15, 0.2) is 24.5 Å². The van der Waals surface area contributed by atoms with Crippen molar-refractivity contribution in [2.45, 2.75) is 13.8 Å². The Morgan fingerprint density at radius 2 is 1.62 bits per heavy atom. The van der Waals surface area contributed by atoms with E-state index < -0.39 is 0 Å². The average molecular weight is 350 g/mol. The van der Waals surface area contributed by atoms with E-state index in [0.29, 0.717) is 0 Å². The van der Waals surface area contributed by atoms with Crippen molar-refractivity contribution in [3.8, 4) is 0 Å². The van der Waals surface area contributed by atoms with E-state index in [4.69, 9.17) is 0 Å². The molecule has 0 radical (unpaired) electrons. The van der Waals surface area contributed by atoms with Gasteiger partial charge >= 0.3 is 0 Å². The second kappa shape index (κ2) is 5.61. The molecule has 0 bridgehead atoms. The maximum Gasteiger partial charge on any atom is 0.203 e. The fourth-order valence-electron chi connectivity index (χ4n) is 3.35. The quantitative estimate of drug-likeness (QED) is 0.516. The first-order valence-corrected chi connectivity index (χ1v) is 8.56. The van der Waals surface area contributed by atoms with Crippen molar-refractivity contribution in [3.63, 3.8) is 0 Å². The molecule has 4 aromatic heterocycles. The number of aromatic nitrogens is 8.